The normalized spacial score (nSPS) is 10.3. The molecule has 3 rings (SSSR count). The lowest BCUT2D eigenvalue weighted by atomic mass is 10.2. The van der Waals surface area contributed by atoms with E-state index in [0.29, 0.717) is 0 Å². The van der Waals surface area contributed by atoms with Crippen LogP contribution in [0.3, 0.4) is 0 Å². The maximum Gasteiger partial charge on any atom is 0.221 e. The second-order valence-corrected chi connectivity index (χ2v) is 4.63. The van der Waals surface area contributed by atoms with Crippen LogP contribution in [0.5, 0.6) is 0 Å². The summed E-state index contributed by atoms with van der Waals surface area (Å²) in [6.45, 7) is 1.48. The van der Waals surface area contributed by atoms with Crippen molar-refractivity contribution in [1.82, 2.24) is 9.97 Å². The molecule has 2 aromatic carbocycles. The first-order valence-corrected chi connectivity index (χ1v) is 6.57. The Balaban J connectivity index is 1.93. The molecule has 0 unspecified atom stereocenters. The molecule has 1 amide bonds. The van der Waals surface area contributed by atoms with Crippen LogP contribution in [-0.4, -0.2) is 15.9 Å². The van der Waals surface area contributed by atoms with Crippen LogP contribution in [0, 0.1) is 0 Å². The third kappa shape index (κ3) is 2.97. The van der Waals surface area contributed by atoms with E-state index in [1.165, 1.54) is 13.3 Å². The number of carbonyl (C=O) groups is 1. The Labute approximate surface area is 122 Å². The van der Waals surface area contributed by atoms with Gasteiger partial charge in [0, 0.05) is 23.7 Å². The molecule has 0 saturated carbocycles. The van der Waals surface area contributed by atoms with Crippen molar-refractivity contribution < 1.29 is 4.79 Å². The van der Waals surface area contributed by atoms with Crippen LogP contribution >= 0.6 is 0 Å². The molecule has 0 aliphatic carbocycles. The molecule has 0 saturated heterocycles. The largest absolute Gasteiger partial charge is 0.340 e. The Morgan fingerprint density at radius 1 is 1.00 bits per heavy atom. The van der Waals surface area contributed by atoms with Crippen molar-refractivity contribution >= 4 is 34.0 Å². The minimum Gasteiger partial charge on any atom is -0.340 e. The van der Waals surface area contributed by atoms with Crippen molar-refractivity contribution in [2.75, 3.05) is 10.6 Å². The molecule has 3 aromatic rings. The standard InChI is InChI=1S/C16H14N4O/c1-11(21)19-12-5-4-6-13(9-12)20-16-14-7-2-3-8-15(14)17-10-18-16/h2-10H,1H3,(H,19,21)(H,17,18,20). The Morgan fingerprint density at radius 2 is 1.81 bits per heavy atom. The van der Waals surface area contributed by atoms with Gasteiger partial charge in [0.2, 0.25) is 5.91 Å². The van der Waals surface area contributed by atoms with Crippen LogP contribution in [0.4, 0.5) is 17.2 Å². The summed E-state index contributed by atoms with van der Waals surface area (Å²) in [4.78, 5) is 19.6. The monoisotopic (exact) mass is 278 g/mol. The van der Waals surface area contributed by atoms with Crippen LogP contribution in [0.2, 0.25) is 0 Å². The van der Waals surface area contributed by atoms with Crippen molar-refractivity contribution in [2.24, 2.45) is 0 Å². The summed E-state index contributed by atoms with van der Waals surface area (Å²) in [7, 11) is 0. The van der Waals surface area contributed by atoms with Crippen molar-refractivity contribution in [3.8, 4) is 0 Å². The van der Waals surface area contributed by atoms with Gasteiger partial charge in [-0.15, -0.1) is 0 Å². The van der Waals surface area contributed by atoms with Crippen LogP contribution in [0.25, 0.3) is 10.9 Å². The molecule has 104 valence electrons. The molecule has 1 aromatic heterocycles. The third-order valence-corrected chi connectivity index (χ3v) is 2.99. The lowest BCUT2D eigenvalue weighted by Crippen LogP contribution is -2.05. The van der Waals surface area contributed by atoms with Gasteiger partial charge < -0.3 is 10.6 Å². The summed E-state index contributed by atoms with van der Waals surface area (Å²) in [6, 6.07) is 15.3. The average Bonchev–Trinajstić information content (AvgIpc) is 2.47. The van der Waals surface area contributed by atoms with Gasteiger partial charge in [-0.1, -0.05) is 18.2 Å². The summed E-state index contributed by atoms with van der Waals surface area (Å²) < 4.78 is 0. The molecule has 0 fully saturated rings. The minimum absolute atomic E-state index is 0.0976. The van der Waals surface area contributed by atoms with E-state index in [4.69, 9.17) is 0 Å². The topological polar surface area (TPSA) is 66.9 Å². The molecule has 1 heterocycles. The Morgan fingerprint density at radius 3 is 2.67 bits per heavy atom. The van der Waals surface area contributed by atoms with E-state index >= 15 is 0 Å². The van der Waals surface area contributed by atoms with E-state index in [1.54, 1.807) is 0 Å². The predicted molar refractivity (Wildman–Crippen MR) is 83.6 cm³/mol. The second-order valence-electron chi connectivity index (χ2n) is 4.63. The Hall–Kier alpha value is -2.95. The zero-order chi connectivity index (χ0) is 14.7. The van der Waals surface area contributed by atoms with Gasteiger partial charge in [-0.3, -0.25) is 4.79 Å². The smallest absolute Gasteiger partial charge is 0.221 e. The van der Waals surface area contributed by atoms with Crippen LogP contribution in [-0.2, 0) is 4.79 Å². The number of fused-ring (bicyclic) bond motifs is 1. The third-order valence-electron chi connectivity index (χ3n) is 2.99. The number of anilines is 3. The zero-order valence-corrected chi connectivity index (χ0v) is 11.5. The van der Waals surface area contributed by atoms with Gasteiger partial charge in [-0.25, -0.2) is 9.97 Å². The molecule has 0 aliphatic heterocycles. The quantitative estimate of drug-likeness (QED) is 0.771. The summed E-state index contributed by atoms with van der Waals surface area (Å²) in [5.74, 6) is 0.639. The number of hydrogen-bond donors (Lipinski definition) is 2. The summed E-state index contributed by atoms with van der Waals surface area (Å²) in [5, 5.41) is 6.96. The van der Waals surface area contributed by atoms with Crippen molar-refractivity contribution in [2.45, 2.75) is 6.92 Å². The SMILES string of the molecule is CC(=O)Nc1cccc(Nc2ncnc3ccccc23)c1. The number of hydrogen-bond acceptors (Lipinski definition) is 4. The number of nitrogens with zero attached hydrogens (tertiary/aromatic N) is 2. The van der Waals surface area contributed by atoms with Crippen LogP contribution < -0.4 is 10.6 Å². The molecule has 21 heavy (non-hydrogen) atoms. The number of para-hydroxylation sites is 1. The van der Waals surface area contributed by atoms with Gasteiger partial charge in [0.1, 0.15) is 12.1 Å². The Kier molecular flexibility index (Phi) is 3.47. The number of nitrogens with one attached hydrogen (secondary N) is 2. The van der Waals surface area contributed by atoms with Gasteiger partial charge >= 0.3 is 0 Å². The molecule has 0 bridgehead atoms. The molecule has 5 nitrogen and oxygen atoms in total. The van der Waals surface area contributed by atoms with Gasteiger partial charge in [0.25, 0.3) is 0 Å². The highest BCUT2D eigenvalue weighted by Crippen LogP contribution is 2.24. The lowest BCUT2D eigenvalue weighted by molar-refractivity contribution is -0.114. The fraction of sp³-hybridized carbons (Fsp3) is 0.0625. The molecule has 2 N–H and O–H groups in total. The van der Waals surface area contributed by atoms with Gasteiger partial charge in [0.05, 0.1) is 5.52 Å². The highest BCUT2D eigenvalue weighted by Gasteiger charge is 2.04. The van der Waals surface area contributed by atoms with Crippen molar-refractivity contribution in [1.29, 1.82) is 0 Å². The first-order valence-electron chi connectivity index (χ1n) is 6.57. The van der Waals surface area contributed by atoms with Gasteiger partial charge in [-0.2, -0.15) is 0 Å². The molecule has 5 heteroatoms. The van der Waals surface area contributed by atoms with Crippen LogP contribution in [0.15, 0.2) is 54.9 Å². The summed E-state index contributed by atoms with van der Waals surface area (Å²) in [5.41, 5.74) is 2.48. The number of rotatable bonds is 3. The molecule has 0 atom stereocenters. The predicted octanol–water partition coefficient (Wildman–Crippen LogP) is 3.33. The first kappa shape index (κ1) is 13.1. The van der Waals surface area contributed by atoms with Gasteiger partial charge in [-0.05, 0) is 30.3 Å². The average molecular weight is 278 g/mol. The second kappa shape index (κ2) is 5.58. The Bertz CT molecular complexity index is 796. The lowest BCUT2D eigenvalue weighted by Gasteiger charge is -2.09. The first-order chi connectivity index (χ1) is 10.2. The maximum atomic E-state index is 11.1. The van der Waals surface area contributed by atoms with Crippen LogP contribution in [0.1, 0.15) is 6.92 Å². The molecule has 0 spiro atoms. The molecular weight excluding hydrogens is 264 g/mol. The fourth-order valence-electron chi connectivity index (χ4n) is 2.12. The van der Waals surface area contributed by atoms with E-state index in [-0.39, 0.29) is 5.91 Å². The van der Waals surface area contributed by atoms with Crippen molar-refractivity contribution in [3.63, 3.8) is 0 Å². The van der Waals surface area contributed by atoms with Gasteiger partial charge in [0.15, 0.2) is 0 Å². The van der Waals surface area contributed by atoms with Crippen molar-refractivity contribution in [3.05, 3.63) is 54.9 Å². The summed E-state index contributed by atoms with van der Waals surface area (Å²) in [6.07, 6.45) is 1.53. The minimum atomic E-state index is -0.0976. The highest BCUT2D eigenvalue weighted by molar-refractivity contribution is 5.92. The van der Waals surface area contributed by atoms with E-state index < -0.39 is 0 Å². The van der Waals surface area contributed by atoms with E-state index in [1.807, 2.05) is 48.5 Å². The van der Waals surface area contributed by atoms with E-state index in [0.717, 1.165) is 28.1 Å². The molecule has 0 aliphatic rings. The molecular formula is C16H14N4O. The number of amides is 1. The number of benzene rings is 2. The number of aromatic nitrogens is 2. The highest BCUT2D eigenvalue weighted by atomic mass is 16.1. The van der Waals surface area contributed by atoms with E-state index in [9.17, 15) is 4.79 Å². The zero-order valence-electron chi connectivity index (χ0n) is 11.5. The fourth-order valence-corrected chi connectivity index (χ4v) is 2.12. The summed E-state index contributed by atoms with van der Waals surface area (Å²) >= 11 is 0. The molecule has 0 radical (unpaired) electrons. The maximum absolute atomic E-state index is 11.1. The van der Waals surface area contributed by atoms with E-state index in [2.05, 4.69) is 20.6 Å². The number of carbonyl (C=O) groups excluding carboxylic acids is 1.